The molecule has 0 saturated carbocycles. The molecule has 0 radical (unpaired) electrons. The van der Waals surface area contributed by atoms with Crippen LogP contribution in [0.25, 0.3) is 0 Å². The second kappa shape index (κ2) is 8.81. The van der Waals surface area contributed by atoms with Gasteiger partial charge in [0.05, 0.1) is 0 Å². The summed E-state index contributed by atoms with van der Waals surface area (Å²) < 4.78 is 5.71. The number of anilines is 1. The molecular weight excluding hydrogens is 224 g/mol. The fourth-order valence-electron chi connectivity index (χ4n) is 1.72. The molecule has 1 N–H and O–H groups in total. The van der Waals surface area contributed by atoms with Crippen LogP contribution < -0.4 is 15.0 Å². The lowest BCUT2D eigenvalue weighted by molar-refractivity contribution is 0.313. The van der Waals surface area contributed by atoms with Crippen molar-refractivity contribution in [3.8, 4) is 5.75 Å². The summed E-state index contributed by atoms with van der Waals surface area (Å²) >= 11 is 0. The Morgan fingerprint density at radius 2 is 2.00 bits per heavy atom. The fraction of sp³-hybridized carbons (Fsp3) is 0.600. The summed E-state index contributed by atoms with van der Waals surface area (Å²) in [6.45, 7) is 4.95. The van der Waals surface area contributed by atoms with Crippen LogP contribution in [0.15, 0.2) is 24.3 Å². The third kappa shape index (κ3) is 5.92. The molecule has 0 atom stereocenters. The van der Waals surface area contributed by atoms with Crippen molar-refractivity contribution in [2.24, 2.45) is 0 Å². The number of ether oxygens (including phenoxy) is 1. The molecule has 3 heteroatoms. The Morgan fingerprint density at radius 3 is 2.72 bits per heavy atom. The van der Waals surface area contributed by atoms with E-state index in [2.05, 4.69) is 29.3 Å². The van der Waals surface area contributed by atoms with E-state index >= 15 is 0 Å². The second-order valence-electron chi connectivity index (χ2n) is 4.70. The zero-order valence-corrected chi connectivity index (χ0v) is 11.9. The molecule has 3 nitrogen and oxygen atoms in total. The standard InChI is InChI=1S/C15H26N2O/c1-4-5-6-10-16-11-12-18-15-9-7-8-14(13-15)17(2)3/h7-9,13,16H,4-6,10-12H2,1-3H3. The van der Waals surface area contributed by atoms with Crippen LogP contribution in [0.2, 0.25) is 0 Å². The third-order valence-electron chi connectivity index (χ3n) is 2.84. The molecule has 18 heavy (non-hydrogen) atoms. The number of hydrogen-bond donors (Lipinski definition) is 1. The molecular formula is C15H26N2O. The van der Waals surface area contributed by atoms with Gasteiger partial charge in [0.15, 0.2) is 0 Å². The number of benzene rings is 1. The SMILES string of the molecule is CCCCCNCCOc1cccc(N(C)C)c1. The Morgan fingerprint density at radius 1 is 1.17 bits per heavy atom. The number of hydrogen-bond acceptors (Lipinski definition) is 3. The number of nitrogens with one attached hydrogen (secondary N) is 1. The van der Waals surface area contributed by atoms with Gasteiger partial charge in [0.1, 0.15) is 12.4 Å². The van der Waals surface area contributed by atoms with Crippen molar-refractivity contribution < 1.29 is 4.74 Å². The average molecular weight is 250 g/mol. The summed E-state index contributed by atoms with van der Waals surface area (Å²) in [4.78, 5) is 2.08. The van der Waals surface area contributed by atoms with Crippen molar-refractivity contribution in [1.29, 1.82) is 0 Å². The van der Waals surface area contributed by atoms with Crippen LogP contribution in [0.5, 0.6) is 5.75 Å². The molecule has 0 fully saturated rings. The summed E-state index contributed by atoms with van der Waals surface area (Å²) in [5.74, 6) is 0.941. The van der Waals surface area contributed by atoms with E-state index in [1.54, 1.807) is 0 Å². The third-order valence-corrected chi connectivity index (χ3v) is 2.84. The quantitative estimate of drug-likeness (QED) is 0.682. The smallest absolute Gasteiger partial charge is 0.121 e. The predicted octanol–water partition coefficient (Wildman–Crippen LogP) is 2.91. The highest BCUT2D eigenvalue weighted by molar-refractivity contribution is 5.49. The zero-order valence-electron chi connectivity index (χ0n) is 11.9. The van der Waals surface area contributed by atoms with Crippen LogP contribution in [0.3, 0.4) is 0 Å². The molecule has 0 spiro atoms. The van der Waals surface area contributed by atoms with E-state index in [1.807, 2.05) is 26.2 Å². The molecule has 1 rings (SSSR count). The van der Waals surface area contributed by atoms with Gasteiger partial charge >= 0.3 is 0 Å². The van der Waals surface area contributed by atoms with Crippen molar-refractivity contribution >= 4 is 5.69 Å². The monoisotopic (exact) mass is 250 g/mol. The highest BCUT2D eigenvalue weighted by Crippen LogP contribution is 2.18. The van der Waals surface area contributed by atoms with E-state index < -0.39 is 0 Å². The molecule has 0 heterocycles. The topological polar surface area (TPSA) is 24.5 Å². The number of nitrogens with zero attached hydrogens (tertiary/aromatic N) is 1. The first-order valence-corrected chi connectivity index (χ1v) is 6.85. The molecule has 0 bridgehead atoms. The minimum Gasteiger partial charge on any atom is -0.492 e. The molecule has 1 aromatic carbocycles. The van der Waals surface area contributed by atoms with Crippen LogP contribution in [0, 0.1) is 0 Å². The zero-order chi connectivity index (χ0) is 13.2. The molecule has 0 aromatic heterocycles. The van der Waals surface area contributed by atoms with Crippen molar-refractivity contribution in [2.45, 2.75) is 26.2 Å². The van der Waals surface area contributed by atoms with E-state index in [4.69, 9.17) is 4.74 Å². The van der Waals surface area contributed by atoms with Crippen LogP contribution in [0.4, 0.5) is 5.69 Å². The summed E-state index contributed by atoms with van der Waals surface area (Å²) in [6, 6.07) is 8.18. The second-order valence-corrected chi connectivity index (χ2v) is 4.70. The predicted molar refractivity (Wildman–Crippen MR) is 78.7 cm³/mol. The first-order valence-electron chi connectivity index (χ1n) is 6.85. The van der Waals surface area contributed by atoms with E-state index in [1.165, 1.54) is 24.9 Å². The first-order chi connectivity index (χ1) is 8.74. The maximum absolute atomic E-state index is 5.71. The van der Waals surface area contributed by atoms with Gasteiger partial charge in [-0.25, -0.2) is 0 Å². The first kappa shape index (κ1) is 14.8. The maximum Gasteiger partial charge on any atom is 0.121 e. The van der Waals surface area contributed by atoms with Crippen molar-refractivity contribution in [2.75, 3.05) is 38.7 Å². The number of rotatable bonds is 9. The Kier molecular flexibility index (Phi) is 7.26. The molecule has 0 unspecified atom stereocenters. The normalized spacial score (nSPS) is 10.4. The molecule has 0 aliphatic carbocycles. The molecule has 0 saturated heterocycles. The largest absolute Gasteiger partial charge is 0.492 e. The van der Waals surface area contributed by atoms with Gasteiger partial charge in [-0.05, 0) is 25.1 Å². The summed E-state index contributed by atoms with van der Waals surface area (Å²) in [5.41, 5.74) is 1.17. The maximum atomic E-state index is 5.71. The van der Waals surface area contributed by atoms with Gasteiger partial charge in [-0.15, -0.1) is 0 Å². The van der Waals surface area contributed by atoms with E-state index in [-0.39, 0.29) is 0 Å². The Labute approximate surface area is 111 Å². The Balaban J connectivity index is 2.17. The van der Waals surface area contributed by atoms with Crippen LogP contribution in [-0.2, 0) is 0 Å². The Hall–Kier alpha value is -1.22. The van der Waals surface area contributed by atoms with Crippen LogP contribution in [0.1, 0.15) is 26.2 Å². The average Bonchev–Trinajstić information content (AvgIpc) is 2.38. The summed E-state index contributed by atoms with van der Waals surface area (Å²) in [6.07, 6.45) is 3.83. The van der Waals surface area contributed by atoms with Gasteiger partial charge in [-0.3, -0.25) is 0 Å². The van der Waals surface area contributed by atoms with Gasteiger partial charge in [0.25, 0.3) is 0 Å². The lowest BCUT2D eigenvalue weighted by atomic mass is 10.2. The summed E-state index contributed by atoms with van der Waals surface area (Å²) in [5, 5.41) is 3.39. The highest BCUT2D eigenvalue weighted by Gasteiger charge is 1.98. The van der Waals surface area contributed by atoms with Gasteiger partial charge in [-0.2, -0.15) is 0 Å². The fourth-order valence-corrected chi connectivity index (χ4v) is 1.72. The molecule has 0 aliphatic rings. The van der Waals surface area contributed by atoms with Crippen molar-refractivity contribution in [3.63, 3.8) is 0 Å². The van der Waals surface area contributed by atoms with Crippen molar-refractivity contribution in [1.82, 2.24) is 5.32 Å². The molecule has 102 valence electrons. The lowest BCUT2D eigenvalue weighted by Crippen LogP contribution is -2.22. The Bertz CT molecular complexity index is 326. The van der Waals surface area contributed by atoms with Gasteiger partial charge in [-0.1, -0.05) is 25.8 Å². The van der Waals surface area contributed by atoms with Gasteiger partial charge in [0, 0.05) is 32.4 Å². The summed E-state index contributed by atoms with van der Waals surface area (Å²) in [7, 11) is 4.07. The molecule has 0 aliphatic heterocycles. The van der Waals surface area contributed by atoms with Crippen LogP contribution in [-0.4, -0.2) is 33.8 Å². The van der Waals surface area contributed by atoms with Crippen LogP contribution >= 0.6 is 0 Å². The minimum absolute atomic E-state index is 0.725. The van der Waals surface area contributed by atoms with Crippen molar-refractivity contribution in [3.05, 3.63) is 24.3 Å². The van der Waals surface area contributed by atoms with Gasteiger partial charge < -0.3 is 15.0 Å². The molecule has 1 aromatic rings. The lowest BCUT2D eigenvalue weighted by Gasteiger charge is -2.14. The van der Waals surface area contributed by atoms with E-state index in [9.17, 15) is 0 Å². The van der Waals surface area contributed by atoms with E-state index in [0.29, 0.717) is 0 Å². The van der Waals surface area contributed by atoms with E-state index in [0.717, 1.165) is 25.4 Å². The van der Waals surface area contributed by atoms with Gasteiger partial charge in [0.2, 0.25) is 0 Å². The molecule has 0 amide bonds. The minimum atomic E-state index is 0.725. The number of unbranched alkanes of at least 4 members (excludes halogenated alkanes) is 2. The highest BCUT2D eigenvalue weighted by atomic mass is 16.5.